The van der Waals surface area contributed by atoms with Gasteiger partial charge in [-0.05, 0) is 18.2 Å². The van der Waals surface area contributed by atoms with Crippen LogP contribution in [0.3, 0.4) is 0 Å². The van der Waals surface area contributed by atoms with Crippen molar-refractivity contribution in [3.63, 3.8) is 0 Å². The maximum absolute atomic E-state index is 13.1. The van der Waals surface area contributed by atoms with Gasteiger partial charge in [0.2, 0.25) is 5.82 Å². The number of nitrogens with zero attached hydrogens (tertiary/aromatic N) is 2. The highest BCUT2D eigenvalue weighted by molar-refractivity contribution is 5.94. The van der Waals surface area contributed by atoms with Crippen molar-refractivity contribution in [1.82, 2.24) is 15.5 Å². The molecule has 2 N–H and O–H groups in total. The van der Waals surface area contributed by atoms with E-state index in [0.717, 1.165) is 6.07 Å². The molecule has 9 heteroatoms. The van der Waals surface area contributed by atoms with Gasteiger partial charge in [-0.15, -0.1) is 0 Å². The van der Waals surface area contributed by atoms with Gasteiger partial charge in [0.25, 0.3) is 11.8 Å². The Bertz CT molecular complexity index is 926. The molecular weight excluding hydrogens is 363 g/mol. The first-order valence-electron chi connectivity index (χ1n) is 7.87. The zero-order valence-corrected chi connectivity index (χ0v) is 13.8. The lowest BCUT2D eigenvalue weighted by Gasteiger charge is -2.12. The highest BCUT2D eigenvalue weighted by atomic mass is 19.4. The van der Waals surface area contributed by atoms with Crippen molar-refractivity contribution in [3.05, 3.63) is 71.6 Å². The molecule has 0 aliphatic heterocycles. The summed E-state index contributed by atoms with van der Waals surface area (Å²) in [4.78, 5) is 16.1. The van der Waals surface area contributed by atoms with E-state index in [1.54, 1.807) is 30.3 Å². The fraction of sp³-hybridized carbons (Fsp3) is 0.167. The minimum atomic E-state index is -4.59. The molecule has 2 aromatic carbocycles. The number of carbonyl (C=O) groups excluding carboxylic acids is 1. The van der Waals surface area contributed by atoms with E-state index >= 15 is 0 Å². The lowest BCUT2D eigenvalue weighted by Crippen LogP contribution is -2.31. The van der Waals surface area contributed by atoms with Crippen LogP contribution in [-0.2, 0) is 6.18 Å². The molecule has 0 saturated heterocycles. The normalized spacial score (nSPS) is 12.6. The van der Waals surface area contributed by atoms with E-state index in [4.69, 9.17) is 4.52 Å². The van der Waals surface area contributed by atoms with Crippen LogP contribution in [-0.4, -0.2) is 27.8 Å². The fourth-order valence-corrected chi connectivity index (χ4v) is 2.43. The summed E-state index contributed by atoms with van der Waals surface area (Å²) in [5.41, 5.74) is -0.824. The van der Waals surface area contributed by atoms with Gasteiger partial charge in [0, 0.05) is 11.1 Å². The van der Waals surface area contributed by atoms with Gasteiger partial charge < -0.3 is 14.9 Å². The van der Waals surface area contributed by atoms with Crippen LogP contribution in [0.2, 0.25) is 0 Å². The summed E-state index contributed by atoms with van der Waals surface area (Å²) in [5.74, 6) is -0.982. The Balaban J connectivity index is 1.85. The number of aliphatic hydroxyl groups is 1. The van der Waals surface area contributed by atoms with Gasteiger partial charge in [0.15, 0.2) is 0 Å². The monoisotopic (exact) mass is 377 g/mol. The SMILES string of the molecule is O=C(NC(CO)c1nc(-c2ccccc2C(F)(F)F)no1)c1ccccc1. The number of alkyl halides is 3. The lowest BCUT2D eigenvalue weighted by molar-refractivity contribution is -0.137. The number of hydrogen-bond acceptors (Lipinski definition) is 5. The second-order valence-electron chi connectivity index (χ2n) is 5.57. The van der Waals surface area contributed by atoms with Gasteiger partial charge >= 0.3 is 6.18 Å². The van der Waals surface area contributed by atoms with Crippen LogP contribution in [0.15, 0.2) is 59.1 Å². The maximum Gasteiger partial charge on any atom is 0.417 e. The van der Waals surface area contributed by atoms with Gasteiger partial charge in [-0.2, -0.15) is 18.2 Å². The van der Waals surface area contributed by atoms with Crippen molar-refractivity contribution in [2.24, 2.45) is 0 Å². The number of aliphatic hydroxyl groups excluding tert-OH is 1. The Labute approximate surface area is 151 Å². The molecule has 1 unspecified atom stereocenters. The highest BCUT2D eigenvalue weighted by Crippen LogP contribution is 2.36. The quantitative estimate of drug-likeness (QED) is 0.713. The van der Waals surface area contributed by atoms with E-state index in [1.807, 2.05) is 0 Å². The summed E-state index contributed by atoms with van der Waals surface area (Å²) < 4.78 is 44.4. The van der Waals surface area contributed by atoms with E-state index in [2.05, 4.69) is 15.5 Å². The average Bonchev–Trinajstić information content (AvgIpc) is 3.16. The molecule has 0 aliphatic rings. The van der Waals surface area contributed by atoms with Crippen LogP contribution >= 0.6 is 0 Å². The molecule has 0 fully saturated rings. The van der Waals surface area contributed by atoms with Gasteiger partial charge in [-0.3, -0.25) is 4.79 Å². The van der Waals surface area contributed by atoms with Gasteiger partial charge in [0.05, 0.1) is 12.2 Å². The number of hydrogen-bond donors (Lipinski definition) is 2. The molecule has 1 aromatic heterocycles. The molecule has 0 saturated carbocycles. The number of aromatic nitrogens is 2. The van der Waals surface area contributed by atoms with Gasteiger partial charge in [-0.1, -0.05) is 41.6 Å². The summed E-state index contributed by atoms with van der Waals surface area (Å²) in [6.45, 7) is -0.568. The molecule has 0 radical (unpaired) electrons. The molecular formula is C18H14F3N3O3. The van der Waals surface area contributed by atoms with Crippen molar-refractivity contribution >= 4 is 5.91 Å². The van der Waals surface area contributed by atoms with Crippen molar-refractivity contribution in [2.75, 3.05) is 6.61 Å². The van der Waals surface area contributed by atoms with Crippen molar-refractivity contribution in [2.45, 2.75) is 12.2 Å². The number of nitrogens with one attached hydrogen (secondary N) is 1. The summed E-state index contributed by atoms with van der Waals surface area (Å²) in [6, 6.07) is 12.0. The molecule has 1 atom stereocenters. The highest BCUT2D eigenvalue weighted by Gasteiger charge is 2.35. The standard InChI is InChI=1S/C18H14F3N3O3/c19-18(20,21)13-9-5-4-8-12(13)15-23-17(27-24-15)14(10-25)22-16(26)11-6-2-1-3-7-11/h1-9,14,25H,10H2,(H,22,26). The van der Waals surface area contributed by atoms with Crippen molar-refractivity contribution in [1.29, 1.82) is 0 Å². The Kier molecular flexibility index (Phi) is 5.22. The predicted octanol–water partition coefficient (Wildman–Crippen LogP) is 3.22. The summed E-state index contributed by atoms with van der Waals surface area (Å²) >= 11 is 0. The van der Waals surface area contributed by atoms with Gasteiger partial charge in [-0.25, -0.2) is 0 Å². The van der Waals surface area contributed by atoms with E-state index in [1.165, 1.54) is 18.2 Å². The first-order chi connectivity index (χ1) is 12.9. The Morgan fingerprint density at radius 1 is 1.11 bits per heavy atom. The molecule has 0 aliphatic carbocycles. The van der Waals surface area contributed by atoms with Crippen molar-refractivity contribution < 1.29 is 27.6 Å². The average molecular weight is 377 g/mol. The predicted molar refractivity (Wildman–Crippen MR) is 88.5 cm³/mol. The van der Waals surface area contributed by atoms with E-state index in [0.29, 0.717) is 5.56 Å². The number of amides is 1. The number of benzene rings is 2. The number of rotatable bonds is 5. The smallest absolute Gasteiger partial charge is 0.394 e. The summed E-state index contributed by atoms with van der Waals surface area (Å²) in [6.07, 6.45) is -4.59. The Morgan fingerprint density at radius 2 is 1.78 bits per heavy atom. The third-order valence-corrected chi connectivity index (χ3v) is 3.74. The van der Waals surface area contributed by atoms with Crippen molar-refractivity contribution in [3.8, 4) is 11.4 Å². The topological polar surface area (TPSA) is 88.2 Å². The first kappa shape index (κ1) is 18.6. The first-order valence-corrected chi connectivity index (χ1v) is 7.87. The molecule has 6 nitrogen and oxygen atoms in total. The molecule has 27 heavy (non-hydrogen) atoms. The van der Waals surface area contributed by atoms with Crippen LogP contribution in [0, 0.1) is 0 Å². The molecule has 1 heterocycles. The van der Waals surface area contributed by atoms with Crippen LogP contribution in [0.5, 0.6) is 0 Å². The zero-order chi connectivity index (χ0) is 19.4. The Morgan fingerprint density at radius 3 is 2.44 bits per heavy atom. The molecule has 0 spiro atoms. The number of carbonyl (C=O) groups is 1. The minimum Gasteiger partial charge on any atom is -0.394 e. The lowest BCUT2D eigenvalue weighted by atomic mass is 10.1. The van der Waals surface area contributed by atoms with Crippen LogP contribution in [0.1, 0.15) is 27.9 Å². The third-order valence-electron chi connectivity index (χ3n) is 3.74. The molecule has 140 valence electrons. The molecule has 3 rings (SSSR count). The Hall–Kier alpha value is -3.20. The third kappa shape index (κ3) is 4.14. The molecule has 3 aromatic rings. The summed E-state index contributed by atoms with van der Waals surface area (Å²) in [5, 5.41) is 15.6. The van der Waals surface area contributed by atoms with Crippen LogP contribution in [0.4, 0.5) is 13.2 Å². The van der Waals surface area contributed by atoms with Gasteiger partial charge in [0.1, 0.15) is 6.04 Å². The largest absolute Gasteiger partial charge is 0.417 e. The molecule has 0 bridgehead atoms. The van der Waals surface area contributed by atoms with E-state index in [-0.39, 0.29) is 17.3 Å². The van der Waals surface area contributed by atoms with Crippen LogP contribution < -0.4 is 5.32 Å². The second kappa shape index (κ2) is 7.58. The van der Waals surface area contributed by atoms with E-state index in [9.17, 15) is 23.1 Å². The maximum atomic E-state index is 13.1. The van der Waals surface area contributed by atoms with Crippen LogP contribution in [0.25, 0.3) is 11.4 Å². The zero-order valence-electron chi connectivity index (χ0n) is 13.8. The minimum absolute atomic E-state index is 0.200. The molecule has 1 amide bonds. The summed E-state index contributed by atoms with van der Waals surface area (Å²) in [7, 11) is 0. The number of halogens is 3. The second-order valence-corrected chi connectivity index (χ2v) is 5.57. The fourth-order valence-electron chi connectivity index (χ4n) is 2.43. The van der Waals surface area contributed by atoms with E-state index < -0.39 is 30.3 Å².